The van der Waals surface area contributed by atoms with Gasteiger partial charge in [0.25, 0.3) is 5.91 Å². The Balaban J connectivity index is 1.70. The molecule has 1 aliphatic rings. The topological polar surface area (TPSA) is 111 Å². The highest BCUT2D eigenvalue weighted by Gasteiger charge is 2.29. The van der Waals surface area contributed by atoms with Gasteiger partial charge in [-0.25, -0.2) is 4.98 Å². The molecular formula is C24H25N5O2. The van der Waals surface area contributed by atoms with Gasteiger partial charge in [0.05, 0.1) is 16.8 Å². The largest absolute Gasteiger partial charge is 0.359 e. The Kier molecular flexibility index (Phi) is 5.42. The fourth-order valence-electron chi connectivity index (χ4n) is 3.58. The van der Waals surface area contributed by atoms with E-state index in [1.807, 2.05) is 45.2 Å². The number of aryl methyl sites for hydroxylation is 1. The van der Waals surface area contributed by atoms with Gasteiger partial charge in [-0.3, -0.25) is 9.59 Å². The summed E-state index contributed by atoms with van der Waals surface area (Å²) in [5.41, 5.74) is 5.43. The monoisotopic (exact) mass is 415 g/mol. The SMILES string of the molecule is CC(C)=C(C=N)C(=O)Nc1cc(C)cc2c(-c3ccnc(NC(=O)C4CC4)c3)c[nH]c12. The van der Waals surface area contributed by atoms with Gasteiger partial charge < -0.3 is 21.0 Å². The van der Waals surface area contributed by atoms with Crippen LogP contribution in [0.15, 0.2) is 47.8 Å². The third-order valence-corrected chi connectivity index (χ3v) is 5.38. The maximum absolute atomic E-state index is 12.6. The van der Waals surface area contributed by atoms with Crippen LogP contribution in [0.1, 0.15) is 32.3 Å². The van der Waals surface area contributed by atoms with Crippen LogP contribution in [0.2, 0.25) is 0 Å². The summed E-state index contributed by atoms with van der Waals surface area (Å²) in [5.74, 6) is 0.348. The van der Waals surface area contributed by atoms with Gasteiger partial charge in [-0.15, -0.1) is 0 Å². The molecule has 4 N–H and O–H groups in total. The molecule has 1 fully saturated rings. The molecule has 0 aliphatic heterocycles. The van der Waals surface area contributed by atoms with E-state index in [1.54, 1.807) is 6.20 Å². The zero-order valence-corrected chi connectivity index (χ0v) is 17.8. The molecule has 1 aromatic carbocycles. The van der Waals surface area contributed by atoms with E-state index < -0.39 is 0 Å². The van der Waals surface area contributed by atoms with Crippen molar-refractivity contribution in [1.29, 1.82) is 5.41 Å². The molecule has 2 aromatic heterocycles. The van der Waals surface area contributed by atoms with Crippen molar-refractivity contribution in [1.82, 2.24) is 9.97 Å². The van der Waals surface area contributed by atoms with Crippen molar-refractivity contribution >= 4 is 40.4 Å². The van der Waals surface area contributed by atoms with Crippen LogP contribution in [0, 0.1) is 18.3 Å². The maximum atomic E-state index is 12.6. The maximum Gasteiger partial charge on any atom is 0.257 e. The van der Waals surface area contributed by atoms with E-state index in [-0.39, 0.29) is 17.7 Å². The van der Waals surface area contributed by atoms with E-state index in [4.69, 9.17) is 5.41 Å². The Morgan fingerprint density at radius 3 is 2.65 bits per heavy atom. The Labute approximate surface area is 180 Å². The summed E-state index contributed by atoms with van der Waals surface area (Å²) in [6.07, 6.45) is 6.52. The standard InChI is InChI=1S/C24H25N5O2/c1-13(2)18(11-25)24(31)28-20-9-14(3)8-17-19(12-27-22(17)20)16-6-7-26-21(10-16)29-23(30)15-4-5-15/h6-12,15,25,27H,4-5H2,1-3H3,(H,28,31)(H,26,29,30). The van der Waals surface area contributed by atoms with E-state index in [0.29, 0.717) is 17.1 Å². The summed E-state index contributed by atoms with van der Waals surface area (Å²) in [5, 5.41) is 14.3. The number of carbonyl (C=O) groups excluding carboxylic acids is 2. The van der Waals surface area contributed by atoms with Gasteiger partial charge in [0.15, 0.2) is 0 Å². The predicted molar refractivity (Wildman–Crippen MR) is 123 cm³/mol. The number of benzene rings is 1. The van der Waals surface area contributed by atoms with Crippen molar-refractivity contribution in [3.8, 4) is 11.1 Å². The molecule has 3 aromatic rings. The van der Waals surface area contributed by atoms with Crippen LogP contribution in [0.25, 0.3) is 22.0 Å². The number of aromatic amines is 1. The van der Waals surface area contributed by atoms with Gasteiger partial charge in [-0.05, 0) is 69.0 Å². The van der Waals surface area contributed by atoms with Crippen LogP contribution in [0.4, 0.5) is 11.5 Å². The first-order valence-corrected chi connectivity index (χ1v) is 10.3. The summed E-state index contributed by atoms with van der Waals surface area (Å²) < 4.78 is 0. The van der Waals surface area contributed by atoms with Crippen LogP contribution in [-0.4, -0.2) is 28.0 Å². The molecule has 1 aliphatic carbocycles. The summed E-state index contributed by atoms with van der Waals surface area (Å²) in [7, 11) is 0. The molecule has 2 heterocycles. The first-order valence-electron chi connectivity index (χ1n) is 10.3. The highest BCUT2D eigenvalue weighted by molar-refractivity contribution is 6.19. The summed E-state index contributed by atoms with van der Waals surface area (Å²) in [6, 6.07) is 7.71. The Morgan fingerprint density at radius 1 is 1.19 bits per heavy atom. The van der Waals surface area contributed by atoms with Gasteiger partial charge in [0, 0.05) is 35.5 Å². The second-order valence-electron chi connectivity index (χ2n) is 8.14. The zero-order valence-electron chi connectivity index (χ0n) is 17.8. The fourth-order valence-corrected chi connectivity index (χ4v) is 3.58. The number of hydrogen-bond acceptors (Lipinski definition) is 4. The number of H-pyrrole nitrogens is 1. The number of allylic oxidation sites excluding steroid dienone is 1. The van der Waals surface area contributed by atoms with Gasteiger partial charge in [0.2, 0.25) is 5.91 Å². The summed E-state index contributed by atoms with van der Waals surface area (Å²) in [6.45, 7) is 5.58. The van der Waals surface area contributed by atoms with E-state index in [2.05, 4.69) is 26.7 Å². The molecule has 31 heavy (non-hydrogen) atoms. The van der Waals surface area contributed by atoms with Crippen LogP contribution in [0.3, 0.4) is 0 Å². The fraction of sp³-hybridized carbons (Fsp3) is 0.250. The Morgan fingerprint density at radius 2 is 1.97 bits per heavy atom. The second kappa shape index (κ2) is 8.18. The number of nitrogens with zero attached hydrogens (tertiary/aromatic N) is 1. The third kappa shape index (κ3) is 4.26. The number of fused-ring (bicyclic) bond motifs is 1. The van der Waals surface area contributed by atoms with Gasteiger partial charge >= 0.3 is 0 Å². The molecule has 0 atom stereocenters. The first-order chi connectivity index (χ1) is 14.9. The third-order valence-electron chi connectivity index (χ3n) is 5.38. The lowest BCUT2D eigenvalue weighted by molar-refractivity contribution is -0.117. The van der Waals surface area contributed by atoms with Gasteiger partial charge in [0.1, 0.15) is 5.82 Å². The first kappa shape index (κ1) is 20.5. The quantitative estimate of drug-likeness (QED) is 0.342. The van der Waals surface area contributed by atoms with Crippen molar-refractivity contribution in [3.05, 3.63) is 53.4 Å². The van der Waals surface area contributed by atoms with Crippen LogP contribution in [0.5, 0.6) is 0 Å². The highest BCUT2D eigenvalue weighted by atomic mass is 16.2. The molecule has 0 bridgehead atoms. The van der Waals surface area contributed by atoms with E-state index in [0.717, 1.165) is 52.2 Å². The molecule has 0 saturated heterocycles. The zero-order chi connectivity index (χ0) is 22.1. The lowest BCUT2D eigenvalue weighted by Gasteiger charge is -2.10. The molecule has 158 valence electrons. The Hall–Kier alpha value is -3.74. The molecule has 0 radical (unpaired) electrons. The lowest BCUT2D eigenvalue weighted by atomic mass is 10.0. The Bertz CT molecular complexity index is 1230. The number of carbonyl (C=O) groups is 2. The molecule has 0 spiro atoms. The molecule has 2 amide bonds. The number of anilines is 2. The van der Waals surface area contributed by atoms with Crippen molar-refractivity contribution in [3.63, 3.8) is 0 Å². The molecule has 7 heteroatoms. The average Bonchev–Trinajstić information content (AvgIpc) is 3.48. The molecular weight excluding hydrogens is 390 g/mol. The number of nitrogens with one attached hydrogen (secondary N) is 4. The lowest BCUT2D eigenvalue weighted by Crippen LogP contribution is -2.16. The average molecular weight is 415 g/mol. The number of aromatic nitrogens is 2. The smallest absolute Gasteiger partial charge is 0.257 e. The number of amides is 2. The predicted octanol–water partition coefficient (Wildman–Crippen LogP) is 4.81. The van der Waals surface area contributed by atoms with E-state index in [1.165, 1.54) is 0 Å². The molecule has 0 unspecified atom stereocenters. The van der Waals surface area contributed by atoms with Crippen molar-refractivity contribution < 1.29 is 9.59 Å². The van der Waals surface area contributed by atoms with Crippen molar-refractivity contribution in [2.24, 2.45) is 5.92 Å². The molecule has 7 nitrogen and oxygen atoms in total. The minimum absolute atomic E-state index is 0.0192. The van der Waals surface area contributed by atoms with Crippen LogP contribution in [-0.2, 0) is 9.59 Å². The van der Waals surface area contributed by atoms with E-state index in [9.17, 15) is 9.59 Å². The van der Waals surface area contributed by atoms with Crippen molar-refractivity contribution in [2.45, 2.75) is 33.6 Å². The molecule has 4 rings (SSSR count). The van der Waals surface area contributed by atoms with Crippen molar-refractivity contribution in [2.75, 3.05) is 10.6 Å². The van der Waals surface area contributed by atoms with Crippen LogP contribution >= 0.6 is 0 Å². The minimum Gasteiger partial charge on any atom is -0.359 e. The minimum atomic E-state index is -0.313. The van der Waals surface area contributed by atoms with E-state index >= 15 is 0 Å². The second-order valence-corrected chi connectivity index (χ2v) is 8.14. The van der Waals surface area contributed by atoms with Crippen LogP contribution < -0.4 is 10.6 Å². The number of hydrogen-bond donors (Lipinski definition) is 4. The summed E-state index contributed by atoms with van der Waals surface area (Å²) >= 11 is 0. The normalized spacial score (nSPS) is 13.0. The van der Waals surface area contributed by atoms with Gasteiger partial charge in [-0.1, -0.05) is 5.57 Å². The number of pyridine rings is 1. The van der Waals surface area contributed by atoms with Gasteiger partial charge in [-0.2, -0.15) is 0 Å². The number of rotatable bonds is 6. The highest BCUT2D eigenvalue weighted by Crippen LogP contribution is 2.35. The summed E-state index contributed by atoms with van der Waals surface area (Å²) in [4.78, 5) is 32.3. The molecule has 1 saturated carbocycles.